The molecule has 7 heteroatoms. The van der Waals surface area contributed by atoms with Gasteiger partial charge in [0, 0.05) is 10.6 Å². The fourth-order valence-corrected chi connectivity index (χ4v) is 1.61. The van der Waals surface area contributed by atoms with Crippen molar-refractivity contribution in [3.05, 3.63) is 34.9 Å². The van der Waals surface area contributed by atoms with E-state index in [-0.39, 0.29) is 13.2 Å². The molecule has 21 heavy (non-hydrogen) atoms. The van der Waals surface area contributed by atoms with Gasteiger partial charge in [0.15, 0.2) is 0 Å². The molecule has 1 unspecified atom stereocenters. The Balaban J connectivity index is 2.40. The molecule has 0 aliphatic heterocycles. The monoisotopic (exact) mass is 312 g/mol. The minimum Gasteiger partial charge on any atom is -0.464 e. The van der Waals surface area contributed by atoms with Gasteiger partial charge in [0.1, 0.15) is 6.04 Å². The van der Waals surface area contributed by atoms with E-state index < -0.39 is 23.8 Å². The van der Waals surface area contributed by atoms with Gasteiger partial charge in [0.05, 0.1) is 13.2 Å². The van der Waals surface area contributed by atoms with E-state index in [1.54, 1.807) is 31.2 Å². The third kappa shape index (κ3) is 5.83. The Bertz CT molecular complexity index is 516. The highest BCUT2D eigenvalue weighted by Crippen LogP contribution is 2.09. The highest BCUT2D eigenvalue weighted by Gasteiger charge is 2.16. The number of halogens is 1. The predicted molar refractivity (Wildman–Crippen MR) is 78.0 cm³/mol. The minimum atomic E-state index is -0.759. The van der Waals surface area contributed by atoms with Crippen molar-refractivity contribution in [3.8, 4) is 0 Å². The lowest BCUT2D eigenvalue weighted by Gasteiger charge is -2.13. The van der Waals surface area contributed by atoms with Crippen LogP contribution in [0.4, 0.5) is 0 Å². The number of esters is 1. The van der Waals surface area contributed by atoms with Gasteiger partial charge in [-0.2, -0.15) is 0 Å². The Morgan fingerprint density at radius 2 is 1.86 bits per heavy atom. The molecule has 2 N–H and O–H groups in total. The average Bonchev–Trinajstić information content (AvgIpc) is 2.45. The standard InChI is InChI=1S/C14H17ClN2O4/c1-3-21-14(20)9(2)17-12(18)8-16-13(19)10-4-6-11(15)7-5-10/h4-7,9H,3,8H2,1-2H3,(H,16,19)(H,17,18). The zero-order valence-electron chi connectivity index (χ0n) is 11.8. The van der Waals surface area contributed by atoms with E-state index >= 15 is 0 Å². The molecule has 2 amide bonds. The molecule has 1 aromatic carbocycles. The Kier molecular flexibility index (Phi) is 6.68. The summed E-state index contributed by atoms with van der Waals surface area (Å²) in [6.45, 7) is 3.20. The lowest BCUT2D eigenvalue weighted by molar-refractivity contribution is -0.146. The second-order valence-electron chi connectivity index (χ2n) is 4.23. The molecule has 0 heterocycles. The van der Waals surface area contributed by atoms with Gasteiger partial charge < -0.3 is 15.4 Å². The van der Waals surface area contributed by atoms with Crippen LogP contribution in [-0.4, -0.2) is 37.0 Å². The number of carbonyl (C=O) groups is 3. The Morgan fingerprint density at radius 3 is 2.43 bits per heavy atom. The van der Waals surface area contributed by atoms with Crippen LogP contribution in [0.5, 0.6) is 0 Å². The van der Waals surface area contributed by atoms with Gasteiger partial charge in [0.2, 0.25) is 5.91 Å². The maximum atomic E-state index is 11.8. The Hall–Kier alpha value is -2.08. The van der Waals surface area contributed by atoms with Crippen LogP contribution in [0, 0.1) is 0 Å². The first-order valence-corrected chi connectivity index (χ1v) is 6.81. The van der Waals surface area contributed by atoms with Gasteiger partial charge in [-0.25, -0.2) is 4.79 Å². The number of carbonyl (C=O) groups excluding carboxylic acids is 3. The molecule has 6 nitrogen and oxygen atoms in total. The molecule has 114 valence electrons. The molecule has 1 aromatic rings. The molecule has 0 saturated carbocycles. The predicted octanol–water partition coefficient (Wildman–Crippen LogP) is 1.14. The maximum Gasteiger partial charge on any atom is 0.328 e. The van der Waals surface area contributed by atoms with E-state index in [0.717, 1.165) is 0 Å². The van der Waals surface area contributed by atoms with Crippen LogP contribution in [0.25, 0.3) is 0 Å². The van der Waals surface area contributed by atoms with E-state index in [9.17, 15) is 14.4 Å². The van der Waals surface area contributed by atoms with Gasteiger partial charge in [-0.3, -0.25) is 9.59 Å². The van der Waals surface area contributed by atoms with Crippen molar-refractivity contribution in [2.24, 2.45) is 0 Å². The number of benzene rings is 1. The summed E-state index contributed by atoms with van der Waals surface area (Å²) in [7, 11) is 0. The van der Waals surface area contributed by atoms with E-state index in [4.69, 9.17) is 16.3 Å². The van der Waals surface area contributed by atoms with Crippen LogP contribution in [0.15, 0.2) is 24.3 Å². The lowest BCUT2D eigenvalue weighted by atomic mass is 10.2. The Labute approximate surface area is 127 Å². The summed E-state index contributed by atoms with van der Waals surface area (Å²) in [5.41, 5.74) is 0.394. The lowest BCUT2D eigenvalue weighted by Crippen LogP contribution is -2.44. The second-order valence-corrected chi connectivity index (χ2v) is 4.67. The van der Waals surface area contributed by atoms with Gasteiger partial charge >= 0.3 is 5.97 Å². The SMILES string of the molecule is CCOC(=O)C(C)NC(=O)CNC(=O)c1ccc(Cl)cc1. The van der Waals surface area contributed by atoms with Crippen molar-refractivity contribution in [1.29, 1.82) is 0 Å². The third-order valence-electron chi connectivity index (χ3n) is 2.53. The third-order valence-corrected chi connectivity index (χ3v) is 2.79. The molecule has 0 aliphatic rings. The van der Waals surface area contributed by atoms with Crippen molar-refractivity contribution in [2.45, 2.75) is 19.9 Å². The molecular formula is C14H17ClN2O4. The normalized spacial score (nSPS) is 11.4. The molecule has 0 saturated heterocycles. The van der Waals surface area contributed by atoms with Gasteiger partial charge in [-0.05, 0) is 38.1 Å². The number of rotatable bonds is 6. The summed E-state index contributed by atoms with van der Waals surface area (Å²) < 4.78 is 4.76. The van der Waals surface area contributed by atoms with Gasteiger partial charge in [-0.15, -0.1) is 0 Å². The van der Waals surface area contributed by atoms with E-state index in [0.29, 0.717) is 10.6 Å². The van der Waals surface area contributed by atoms with Gasteiger partial charge in [-0.1, -0.05) is 11.6 Å². The summed E-state index contributed by atoms with van der Waals surface area (Å²) in [5.74, 6) is -1.39. The van der Waals surface area contributed by atoms with Crippen molar-refractivity contribution in [3.63, 3.8) is 0 Å². The summed E-state index contributed by atoms with van der Waals surface area (Å²) >= 11 is 5.72. The highest BCUT2D eigenvalue weighted by atomic mass is 35.5. The first kappa shape index (κ1) is 17.0. The van der Waals surface area contributed by atoms with Crippen molar-refractivity contribution < 1.29 is 19.1 Å². The highest BCUT2D eigenvalue weighted by molar-refractivity contribution is 6.30. The zero-order chi connectivity index (χ0) is 15.8. The van der Waals surface area contributed by atoms with Crippen molar-refractivity contribution >= 4 is 29.4 Å². The van der Waals surface area contributed by atoms with Crippen molar-refractivity contribution in [2.75, 3.05) is 13.2 Å². The van der Waals surface area contributed by atoms with Crippen LogP contribution in [0.2, 0.25) is 5.02 Å². The molecule has 0 aromatic heterocycles. The zero-order valence-corrected chi connectivity index (χ0v) is 12.6. The number of amides is 2. The van der Waals surface area contributed by atoms with Crippen LogP contribution in [-0.2, 0) is 14.3 Å². The first-order chi connectivity index (χ1) is 9.93. The van der Waals surface area contributed by atoms with Crippen molar-refractivity contribution in [1.82, 2.24) is 10.6 Å². The maximum absolute atomic E-state index is 11.8. The molecular weight excluding hydrogens is 296 g/mol. The number of nitrogens with one attached hydrogen (secondary N) is 2. The second kappa shape index (κ2) is 8.26. The quantitative estimate of drug-likeness (QED) is 0.771. The fraction of sp³-hybridized carbons (Fsp3) is 0.357. The molecule has 0 radical (unpaired) electrons. The topological polar surface area (TPSA) is 84.5 Å². The molecule has 0 aliphatic carbocycles. The van der Waals surface area contributed by atoms with E-state index in [1.165, 1.54) is 6.92 Å². The molecule has 0 spiro atoms. The molecule has 0 bridgehead atoms. The summed E-state index contributed by atoms with van der Waals surface area (Å²) in [4.78, 5) is 34.7. The van der Waals surface area contributed by atoms with E-state index in [1.807, 2.05) is 0 Å². The number of ether oxygens (including phenoxy) is 1. The number of hydrogen-bond donors (Lipinski definition) is 2. The Morgan fingerprint density at radius 1 is 1.24 bits per heavy atom. The summed E-state index contributed by atoms with van der Waals surface area (Å²) in [6.07, 6.45) is 0. The number of hydrogen-bond acceptors (Lipinski definition) is 4. The first-order valence-electron chi connectivity index (χ1n) is 6.43. The minimum absolute atomic E-state index is 0.231. The largest absolute Gasteiger partial charge is 0.464 e. The van der Waals surface area contributed by atoms with Crippen LogP contribution in [0.3, 0.4) is 0 Å². The average molecular weight is 313 g/mol. The van der Waals surface area contributed by atoms with Gasteiger partial charge in [0.25, 0.3) is 5.91 Å². The molecule has 1 rings (SSSR count). The molecule has 0 fully saturated rings. The fourth-order valence-electron chi connectivity index (χ4n) is 1.48. The van der Waals surface area contributed by atoms with Crippen LogP contribution in [0.1, 0.15) is 24.2 Å². The molecule has 1 atom stereocenters. The summed E-state index contributed by atoms with van der Waals surface area (Å²) in [5, 5.41) is 5.40. The van der Waals surface area contributed by atoms with Crippen LogP contribution < -0.4 is 10.6 Å². The van der Waals surface area contributed by atoms with E-state index in [2.05, 4.69) is 10.6 Å². The smallest absolute Gasteiger partial charge is 0.328 e. The van der Waals surface area contributed by atoms with Crippen LogP contribution >= 0.6 is 11.6 Å². The summed E-state index contributed by atoms with van der Waals surface area (Å²) in [6, 6.07) is 5.51.